The summed E-state index contributed by atoms with van der Waals surface area (Å²) < 4.78 is 5.02. The number of carbonyl (C=O) groups excluding carboxylic acids is 1. The molecule has 1 aromatic heterocycles. The Morgan fingerprint density at radius 2 is 2.47 bits per heavy atom. The van der Waals surface area contributed by atoms with Gasteiger partial charge in [-0.25, -0.2) is 4.79 Å². The van der Waals surface area contributed by atoms with Crippen molar-refractivity contribution in [3.05, 3.63) is 42.4 Å². The number of nitrogens with zero attached hydrogens (tertiary/aromatic N) is 1. The minimum Gasteiger partial charge on any atom is -0.502 e. The first-order valence-corrected chi connectivity index (χ1v) is 4.64. The predicted octanol–water partition coefficient (Wildman–Crippen LogP) is 2.15. The number of rotatable bonds is 4. The van der Waals surface area contributed by atoms with E-state index in [2.05, 4.69) is 11.6 Å². The maximum absolute atomic E-state index is 11.1. The molecule has 4 heteroatoms. The van der Waals surface area contributed by atoms with Crippen molar-refractivity contribution < 1.29 is 14.6 Å². The summed E-state index contributed by atoms with van der Waals surface area (Å²) in [7, 11) is 0. The van der Waals surface area contributed by atoms with Crippen molar-refractivity contribution in [1.82, 2.24) is 4.98 Å². The van der Waals surface area contributed by atoms with Gasteiger partial charge in [0.05, 0.1) is 0 Å². The summed E-state index contributed by atoms with van der Waals surface area (Å²) in [6.45, 7) is 4.98. The maximum atomic E-state index is 11.1. The predicted molar refractivity (Wildman–Crippen MR) is 55.1 cm³/mol. The largest absolute Gasteiger partial charge is 0.502 e. The lowest BCUT2D eigenvalue weighted by atomic mass is 10.1. The number of esters is 1. The van der Waals surface area contributed by atoms with Crippen molar-refractivity contribution in [3.63, 3.8) is 0 Å². The second kappa shape index (κ2) is 5.14. The third-order valence-electron chi connectivity index (χ3n) is 1.91. The Labute approximate surface area is 88.2 Å². The highest BCUT2D eigenvalue weighted by Crippen LogP contribution is 2.20. The van der Waals surface area contributed by atoms with E-state index in [1.165, 1.54) is 0 Å². The highest BCUT2D eigenvalue weighted by atomic mass is 16.6. The average molecular weight is 207 g/mol. The molecule has 0 saturated heterocycles. The second-order valence-corrected chi connectivity index (χ2v) is 3.04. The average Bonchev–Trinajstić information content (AvgIpc) is 2.26. The van der Waals surface area contributed by atoms with E-state index in [1.54, 1.807) is 18.5 Å². The normalized spacial score (nSPS) is 11.8. The molecule has 0 saturated carbocycles. The van der Waals surface area contributed by atoms with Crippen molar-refractivity contribution in [1.29, 1.82) is 0 Å². The maximum Gasteiger partial charge on any atom is 0.373 e. The number of hydrogen-bond acceptors (Lipinski definition) is 4. The first-order chi connectivity index (χ1) is 7.15. The number of hydrogen-bond donors (Lipinski definition) is 1. The van der Waals surface area contributed by atoms with Gasteiger partial charge in [-0.15, -0.1) is 0 Å². The van der Waals surface area contributed by atoms with Crippen LogP contribution < -0.4 is 0 Å². The van der Waals surface area contributed by atoms with Gasteiger partial charge in [0, 0.05) is 18.0 Å². The van der Waals surface area contributed by atoms with Crippen LogP contribution in [0.1, 0.15) is 25.0 Å². The lowest BCUT2D eigenvalue weighted by Gasteiger charge is -2.15. The number of carbonyl (C=O) groups is 1. The quantitative estimate of drug-likeness (QED) is 0.467. The molecule has 0 aliphatic carbocycles. The van der Waals surface area contributed by atoms with Crippen LogP contribution in [0.3, 0.4) is 0 Å². The van der Waals surface area contributed by atoms with Gasteiger partial charge in [-0.3, -0.25) is 4.98 Å². The summed E-state index contributed by atoms with van der Waals surface area (Å²) in [5, 5.41) is 8.83. The number of aliphatic hydroxyl groups is 1. The first kappa shape index (κ1) is 11.2. The Morgan fingerprint density at radius 1 is 1.73 bits per heavy atom. The van der Waals surface area contributed by atoms with Crippen LogP contribution in [0.15, 0.2) is 36.9 Å². The zero-order valence-corrected chi connectivity index (χ0v) is 8.51. The lowest BCUT2D eigenvalue weighted by Crippen LogP contribution is -2.12. The van der Waals surface area contributed by atoms with Crippen LogP contribution in [-0.4, -0.2) is 16.1 Å². The van der Waals surface area contributed by atoms with Crippen LogP contribution in [-0.2, 0) is 9.53 Å². The van der Waals surface area contributed by atoms with Crippen molar-refractivity contribution >= 4 is 5.97 Å². The summed E-state index contributed by atoms with van der Waals surface area (Å²) >= 11 is 0. The Balaban J connectivity index is 2.73. The third kappa shape index (κ3) is 3.09. The molecule has 1 rings (SSSR count). The fourth-order valence-electron chi connectivity index (χ4n) is 1.15. The molecule has 4 nitrogen and oxygen atoms in total. The molecule has 0 radical (unpaired) electrons. The lowest BCUT2D eigenvalue weighted by molar-refractivity contribution is -0.147. The zero-order valence-electron chi connectivity index (χ0n) is 8.51. The SMILES string of the molecule is C=C(O)C(=O)OC(CC)c1cccnc1. The summed E-state index contributed by atoms with van der Waals surface area (Å²) in [6, 6.07) is 3.58. The van der Waals surface area contributed by atoms with E-state index in [4.69, 9.17) is 9.84 Å². The monoisotopic (exact) mass is 207 g/mol. The van der Waals surface area contributed by atoms with E-state index in [0.29, 0.717) is 6.42 Å². The number of aromatic nitrogens is 1. The van der Waals surface area contributed by atoms with Crippen LogP contribution in [0.5, 0.6) is 0 Å². The van der Waals surface area contributed by atoms with Gasteiger partial charge in [0.1, 0.15) is 6.10 Å². The fraction of sp³-hybridized carbons (Fsp3) is 0.273. The molecule has 1 atom stereocenters. The van der Waals surface area contributed by atoms with Gasteiger partial charge >= 0.3 is 5.97 Å². The van der Waals surface area contributed by atoms with E-state index in [0.717, 1.165) is 5.56 Å². The minimum absolute atomic E-state index is 0.393. The Bertz CT molecular complexity index is 348. The van der Waals surface area contributed by atoms with Crippen molar-refractivity contribution in [2.75, 3.05) is 0 Å². The second-order valence-electron chi connectivity index (χ2n) is 3.04. The van der Waals surface area contributed by atoms with E-state index < -0.39 is 17.8 Å². The van der Waals surface area contributed by atoms with E-state index in [-0.39, 0.29) is 0 Å². The molecule has 1 aromatic rings. The molecule has 0 amide bonds. The highest BCUT2D eigenvalue weighted by molar-refractivity contribution is 5.85. The van der Waals surface area contributed by atoms with E-state index >= 15 is 0 Å². The molecule has 1 heterocycles. The summed E-state index contributed by atoms with van der Waals surface area (Å²) in [4.78, 5) is 15.0. The summed E-state index contributed by atoms with van der Waals surface area (Å²) in [5.41, 5.74) is 0.801. The van der Waals surface area contributed by atoms with Crippen LogP contribution in [0.25, 0.3) is 0 Å². The van der Waals surface area contributed by atoms with Gasteiger partial charge in [0.25, 0.3) is 0 Å². The molecule has 15 heavy (non-hydrogen) atoms. The number of aliphatic hydroxyl groups excluding tert-OH is 1. The molecule has 80 valence electrons. The van der Waals surface area contributed by atoms with Gasteiger partial charge in [0.2, 0.25) is 0 Å². The molecule has 0 bridgehead atoms. The molecule has 0 fully saturated rings. The molecular weight excluding hydrogens is 194 g/mol. The Morgan fingerprint density at radius 3 is 2.93 bits per heavy atom. The van der Waals surface area contributed by atoms with E-state index in [1.807, 2.05) is 13.0 Å². The van der Waals surface area contributed by atoms with Crippen molar-refractivity contribution in [3.8, 4) is 0 Å². The number of pyridine rings is 1. The van der Waals surface area contributed by atoms with Gasteiger partial charge in [-0.05, 0) is 19.1 Å². The first-order valence-electron chi connectivity index (χ1n) is 4.64. The zero-order chi connectivity index (χ0) is 11.3. The van der Waals surface area contributed by atoms with Crippen molar-refractivity contribution in [2.45, 2.75) is 19.4 Å². The fourth-order valence-corrected chi connectivity index (χ4v) is 1.15. The van der Waals surface area contributed by atoms with Crippen LogP contribution in [0.4, 0.5) is 0 Å². The van der Waals surface area contributed by atoms with Crippen LogP contribution in [0, 0.1) is 0 Å². The molecule has 0 aliphatic heterocycles. The molecule has 1 N–H and O–H groups in total. The van der Waals surface area contributed by atoms with Crippen LogP contribution in [0.2, 0.25) is 0 Å². The van der Waals surface area contributed by atoms with Crippen molar-refractivity contribution in [2.24, 2.45) is 0 Å². The topological polar surface area (TPSA) is 59.4 Å². The Kier molecular flexibility index (Phi) is 3.85. The number of ether oxygens (including phenoxy) is 1. The minimum atomic E-state index is -0.800. The van der Waals surface area contributed by atoms with Gasteiger partial charge in [-0.2, -0.15) is 0 Å². The van der Waals surface area contributed by atoms with Crippen LogP contribution >= 0.6 is 0 Å². The standard InChI is InChI=1S/C11H13NO3/c1-3-10(15-11(14)8(2)13)9-5-4-6-12-7-9/h4-7,10,13H,2-3H2,1H3. The molecule has 0 aromatic carbocycles. The molecule has 0 spiro atoms. The third-order valence-corrected chi connectivity index (χ3v) is 1.91. The van der Waals surface area contributed by atoms with Gasteiger partial charge in [0.15, 0.2) is 5.76 Å². The molecule has 1 unspecified atom stereocenters. The molecular formula is C11H13NO3. The van der Waals surface area contributed by atoms with E-state index in [9.17, 15) is 4.79 Å². The Hall–Kier alpha value is -1.84. The highest BCUT2D eigenvalue weighted by Gasteiger charge is 2.16. The van der Waals surface area contributed by atoms with Gasteiger partial charge in [-0.1, -0.05) is 13.0 Å². The summed E-state index contributed by atoms with van der Waals surface area (Å²) in [5.74, 6) is -1.39. The summed E-state index contributed by atoms with van der Waals surface area (Å²) in [6.07, 6.45) is 3.49. The smallest absolute Gasteiger partial charge is 0.373 e. The van der Waals surface area contributed by atoms with Gasteiger partial charge < -0.3 is 9.84 Å². The molecule has 0 aliphatic rings.